The van der Waals surface area contributed by atoms with Gasteiger partial charge in [0, 0.05) is 32.8 Å². The van der Waals surface area contributed by atoms with Crippen molar-refractivity contribution in [1.82, 2.24) is 15.0 Å². The maximum absolute atomic E-state index is 6.48. The summed E-state index contributed by atoms with van der Waals surface area (Å²) >= 11 is 0. The maximum Gasteiger partial charge on any atom is 0.231 e. The Morgan fingerprint density at radius 1 is 0.354 bits per heavy atom. The quantitative estimate of drug-likeness (QED) is 0.197. The van der Waals surface area contributed by atoms with Gasteiger partial charge in [-0.15, -0.1) is 0 Å². The van der Waals surface area contributed by atoms with Crippen LogP contribution in [-0.2, 0) is 0 Å². The van der Waals surface area contributed by atoms with Crippen molar-refractivity contribution in [3.8, 4) is 45.0 Å². The van der Waals surface area contributed by atoms with Crippen LogP contribution in [0.2, 0.25) is 0 Å². The third-order valence-corrected chi connectivity index (χ3v) is 9.13. The first-order valence-corrected chi connectivity index (χ1v) is 15.9. The van der Waals surface area contributed by atoms with E-state index in [9.17, 15) is 0 Å². The van der Waals surface area contributed by atoms with Crippen molar-refractivity contribution >= 4 is 54.9 Å². The summed E-state index contributed by atoms with van der Waals surface area (Å²) in [5, 5.41) is 4.97. The fraction of sp³-hybridized carbons (Fsp3) is 0. The van der Waals surface area contributed by atoms with Gasteiger partial charge in [0.2, 0.25) is 5.71 Å². The van der Waals surface area contributed by atoms with E-state index in [0.29, 0.717) is 11.5 Å². The highest BCUT2D eigenvalue weighted by atomic mass is 16.4. The van der Waals surface area contributed by atoms with Gasteiger partial charge in [-0.05, 0) is 29.3 Å². The second-order valence-electron chi connectivity index (χ2n) is 12.0. The lowest BCUT2D eigenvalue weighted by Crippen LogP contribution is -1.95. The van der Waals surface area contributed by atoms with Crippen molar-refractivity contribution in [2.75, 3.05) is 0 Å². The van der Waals surface area contributed by atoms with Gasteiger partial charge in [0.1, 0.15) is 11.2 Å². The summed E-state index contributed by atoms with van der Waals surface area (Å²) in [5.74, 6) is 0.706. The molecule has 4 heterocycles. The predicted molar refractivity (Wildman–Crippen MR) is 194 cm³/mol. The number of hydrogen-bond acceptors (Lipinski definition) is 5. The molecule has 48 heavy (non-hydrogen) atoms. The SMILES string of the molecule is c1ccc(-c2nc(-c3ccc(-c4ccc(-c5nc6oc7ccccc7c6c6oc7ccccc7c56)cc4)cc3)nc3ccccc23)cc1. The molecular formula is C43H25N3O2. The Morgan fingerprint density at radius 2 is 0.896 bits per heavy atom. The number of benzene rings is 6. The fourth-order valence-electron chi connectivity index (χ4n) is 6.81. The largest absolute Gasteiger partial charge is 0.455 e. The highest BCUT2D eigenvalue weighted by Crippen LogP contribution is 2.43. The Bertz CT molecular complexity index is 2820. The van der Waals surface area contributed by atoms with Crippen molar-refractivity contribution in [2.45, 2.75) is 0 Å². The maximum atomic E-state index is 6.48. The monoisotopic (exact) mass is 615 g/mol. The first-order chi connectivity index (χ1) is 23.8. The molecule has 5 heteroatoms. The van der Waals surface area contributed by atoms with Crippen LogP contribution < -0.4 is 0 Å². The van der Waals surface area contributed by atoms with Crippen molar-refractivity contribution in [3.05, 3.63) is 152 Å². The van der Waals surface area contributed by atoms with E-state index in [1.807, 2.05) is 72.8 Å². The van der Waals surface area contributed by atoms with Gasteiger partial charge >= 0.3 is 0 Å². The summed E-state index contributed by atoms with van der Waals surface area (Å²) in [6.07, 6.45) is 0. The molecule has 4 aromatic heterocycles. The molecule has 224 valence electrons. The van der Waals surface area contributed by atoms with Crippen molar-refractivity contribution in [1.29, 1.82) is 0 Å². The van der Waals surface area contributed by atoms with Crippen molar-refractivity contribution < 1.29 is 8.83 Å². The lowest BCUT2D eigenvalue weighted by molar-refractivity contribution is 0.651. The van der Waals surface area contributed by atoms with Crippen LogP contribution in [0, 0.1) is 0 Å². The van der Waals surface area contributed by atoms with Gasteiger partial charge in [0.25, 0.3) is 0 Å². The molecule has 6 aromatic carbocycles. The molecular weight excluding hydrogens is 590 g/mol. The van der Waals surface area contributed by atoms with E-state index in [0.717, 1.165) is 88.4 Å². The third kappa shape index (κ3) is 4.15. The molecule has 0 saturated heterocycles. The molecule has 10 aromatic rings. The Morgan fingerprint density at radius 3 is 1.62 bits per heavy atom. The van der Waals surface area contributed by atoms with E-state index >= 15 is 0 Å². The minimum absolute atomic E-state index is 0.573. The number of para-hydroxylation sites is 3. The van der Waals surface area contributed by atoms with Crippen LogP contribution in [0.4, 0.5) is 0 Å². The number of hydrogen-bond donors (Lipinski definition) is 0. The summed E-state index contributed by atoms with van der Waals surface area (Å²) in [6.45, 7) is 0. The molecule has 5 nitrogen and oxygen atoms in total. The zero-order valence-electron chi connectivity index (χ0n) is 25.6. The van der Waals surface area contributed by atoms with Crippen LogP contribution in [-0.4, -0.2) is 15.0 Å². The van der Waals surface area contributed by atoms with Crippen molar-refractivity contribution in [3.63, 3.8) is 0 Å². The van der Waals surface area contributed by atoms with Gasteiger partial charge < -0.3 is 8.83 Å². The lowest BCUT2D eigenvalue weighted by Gasteiger charge is -2.10. The van der Waals surface area contributed by atoms with Gasteiger partial charge in [-0.25, -0.2) is 15.0 Å². The second kappa shape index (κ2) is 10.5. The average molecular weight is 616 g/mol. The minimum Gasteiger partial charge on any atom is -0.455 e. The van der Waals surface area contributed by atoms with Crippen molar-refractivity contribution in [2.24, 2.45) is 0 Å². The summed E-state index contributed by atoms with van der Waals surface area (Å²) < 4.78 is 12.7. The minimum atomic E-state index is 0.573. The molecule has 0 aliphatic heterocycles. The Balaban J connectivity index is 1.04. The lowest BCUT2D eigenvalue weighted by atomic mass is 9.99. The number of furan rings is 2. The third-order valence-electron chi connectivity index (χ3n) is 9.13. The summed E-state index contributed by atoms with van der Waals surface area (Å²) in [7, 11) is 0. The molecule has 0 atom stereocenters. The number of pyridine rings is 1. The normalized spacial score (nSPS) is 11.8. The second-order valence-corrected chi connectivity index (χ2v) is 12.0. The fourth-order valence-corrected chi connectivity index (χ4v) is 6.81. The number of fused-ring (bicyclic) bond motifs is 8. The molecule has 0 radical (unpaired) electrons. The number of rotatable bonds is 4. The van der Waals surface area contributed by atoms with Gasteiger partial charge in [-0.3, -0.25) is 0 Å². The van der Waals surface area contributed by atoms with E-state index in [4.69, 9.17) is 23.8 Å². The van der Waals surface area contributed by atoms with Crippen LogP contribution in [0.5, 0.6) is 0 Å². The van der Waals surface area contributed by atoms with Crippen LogP contribution in [0.25, 0.3) is 99.9 Å². The molecule has 0 bridgehead atoms. The summed E-state index contributed by atoms with van der Waals surface area (Å²) in [5.41, 5.74) is 10.9. The van der Waals surface area contributed by atoms with Crippen LogP contribution in [0.3, 0.4) is 0 Å². The van der Waals surface area contributed by atoms with Crippen LogP contribution in [0.15, 0.2) is 160 Å². The van der Waals surface area contributed by atoms with E-state index in [2.05, 4.69) is 78.9 Å². The van der Waals surface area contributed by atoms with E-state index < -0.39 is 0 Å². The smallest absolute Gasteiger partial charge is 0.231 e. The van der Waals surface area contributed by atoms with E-state index in [1.165, 1.54) is 0 Å². The molecule has 0 spiro atoms. The van der Waals surface area contributed by atoms with Crippen LogP contribution >= 0.6 is 0 Å². The molecule has 10 rings (SSSR count). The molecule has 0 aliphatic carbocycles. The average Bonchev–Trinajstić information content (AvgIpc) is 3.73. The number of aromatic nitrogens is 3. The van der Waals surface area contributed by atoms with Gasteiger partial charge in [-0.1, -0.05) is 133 Å². The van der Waals surface area contributed by atoms with Gasteiger partial charge in [-0.2, -0.15) is 0 Å². The molecule has 0 amide bonds. The molecule has 0 fully saturated rings. The number of nitrogens with zero attached hydrogens (tertiary/aromatic N) is 3. The summed E-state index contributed by atoms with van der Waals surface area (Å²) in [6, 6.07) is 51.6. The highest BCUT2D eigenvalue weighted by molar-refractivity contribution is 6.24. The Kier molecular flexibility index (Phi) is 5.81. The standard InChI is InChI=1S/C43H25N3O2/c1-2-10-28(11-3-1)39-31-12-4-7-15-34(31)44-42(45-39)30-24-20-27(21-25-30)26-18-22-29(23-19-26)40-37-32-13-5-8-16-35(32)47-41(37)38-33-14-6-9-17-36(33)48-43(38)46-40/h1-25H. The molecule has 0 N–H and O–H groups in total. The molecule has 0 aliphatic rings. The zero-order chi connectivity index (χ0) is 31.6. The first-order valence-electron chi connectivity index (χ1n) is 15.9. The zero-order valence-corrected chi connectivity index (χ0v) is 25.6. The first kappa shape index (κ1) is 26.6. The predicted octanol–water partition coefficient (Wildman–Crippen LogP) is 11.5. The van der Waals surface area contributed by atoms with E-state index in [-0.39, 0.29) is 0 Å². The molecule has 0 saturated carbocycles. The van der Waals surface area contributed by atoms with Crippen LogP contribution in [0.1, 0.15) is 0 Å². The summed E-state index contributed by atoms with van der Waals surface area (Å²) in [4.78, 5) is 15.0. The highest BCUT2D eigenvalue weighted by Gasteiger charge is 2.22. The topological polar surface area (TPSA) is 65.0 Å². The van der Waals surface area contributed by atoms with Gasteiger partial charge in [0.05, 0.1) is 27.7 Å². The van der Waals surface area contributed by atoms with Gasteiger partial charge in [0.15, 0.2) is 11.4 Å². The Labute approximate surface area is 274 Å². The Hall–Kier alpha value is -6.59. The van der Waals surface area contributed by atoms with E-state index in [1.54, 1.807) is 0 Å². The molecule has 0 unspecified atom stereocenters.